The normalized spacial score (nSPS) is 17.2. The molecular weight excluding hydrogens is 498 g/mol. The summed E-state index contributed by atoms with van der Waals surface area (Å²) in [5, 5.41) is 4.71. The van der Waals surface area contributed by atoms with Crippen LogP contribution in [0.1, 0.15) is 20.8 Å². The van der Waals surface area contributed by atoms with Crippen LogP contribution in [0.15, 0.2) is 59.5 Å². The Morgan fingerprint density at radius 3 is 2.35 bits per heavy atom. The van der Waals surface area contributed by atoms with Gasteiger partial charge in [0.25, 0.3) is 0 Å². The van der Waals surface area contributed by atoms with E-state index in [1.807, 2.05) is 68.0 Å². The summed E-state index contributed by atoms with van der Waals surface area (Å²) in [6.45, 7) is 8.85. The summed E-state index contributed by atoms with van der Waals surface area (Å²) in [4.78, 5) is 20.3. The van der Waals surface area contributed by atoms with Crippen LogP contribution < -0.4 is 4.74 Å². The van der Waals surface area contributed by atoms with Crippen molar-refractivity contribution in [3.63, 3.8) is 0 Å². The van der Waals surface area contributed by atoms with E-state index in [0.29, 0.717) is 6.04 Å². The summed E-state index contributed by atoms with van der Waals surface area (Å²) < 4.78 is 14.3. The second kappa shape index (κ2) is 9.03. The molecule has 0 saturated carbocycles. The Morgan fingerprint density at radius 1 is 1.03 bits per heavy atom. The van der Waals surface area contributed by atoms with Gasteiger partial charge in [0.1, 0.15) is 23.1 Å². The molecule has 2 aliphatic rings. The van der Waals surface area contributed by atoms with Gasteiger partial charge >= 0.3 is 6.09 Å². The van der Waals surface area contributed by atoms with Crippen LogP contribution in [0.2, 0.25) is 0 Å². The van der Waals surface area contributed by atoms with Crippen LogP contribution in [0.4, 0.5) is 4.79 Å². The molecule has 2 aromatic heterocycles. The second-order valence-electron chi connectivity index (χ2n) is 9.73. The fraction of sp³-hybridized carbons (Fsp3) is 0.400. The number of ether oxygens (including phenoxy) is 2. The molecule has 0 unspecified atom stereocenters. The molecule has 34 heavy (non-hydrogen) atoms. The van der Waals surface area contributed by atoms with Crippen molar-refractivity contribution in [3.8, 4) is 22.7 Å². The zero-order valence-corrected chi connectivity index (χ0v) is 21.1. The zero-order chi connectivity index (χ0) is 23.9. The van der Waals surface area contributed by atoms with Crippen LogP contribution in [0, 0.1) is 0 Å². The van der Waals surface area contributed by atoms with E-state index in [-0.39, 0.29) is 12.2 Å². The molecule has 0 spiro atoms. The van der Waals surface area contributed by atoms with Gasteiger partial charge in [0.05, 0.1) is 10.2 Å². The highest BCUT2D eigenvalue weighted by Gasteiger charge is 2.42. The molecule has 1 amide bonds. The standard InChI is InChI=1S/C25H28BrN5O3/c1-25(2,3)34-24(32)30-12-19(13-30)29-14-21(15-29)33-20-6-4-18(5-7-20)31-16-22(26)23(28-31)17-8-10-27-11-9-17/h4-11,16,19,21H,12-15H2,1-3H3. The van der Waals surface area contributed by atoms with Crippen LogP contribution in [-0.4, -0.2) is 74.6 Å². The highest BCUT2D eigenvalue weighted by atomic mass is 79.9. The van der Waals surface area contributed by atoms with Gasteiger partial charge in [0.15, 0.2) is 0 Å². The number of halogens is 1. The van der Waals surface area contributed by atoms with Crippen molar-refractivity contribution in [1.29, 1.82) is 0 Å². The van der Waals surface area contributed by atoms with Crippen molar-refractivity contribution in [2.45, 2.75) is 38.5 Å². The average Bonchev–Trinajstić information content (AvgIpc) is 3.12. The Bertz CT molecular complexity index is 1150. The molecule has 2 fully saturated rings. The van der Waals surface area contributed by atoms with E-state index in [1.54, 1.807) is 17.3 Å². The van der Waals surface area contributed by atoms with E-state index in [1.165, 1.54) is 0 Å². The Labute approximate surface area is 207 Å². The summed E-state index contributed by atoms with van der Waals surface area (Å²) in [5.41, 5.74) is 2.39. The highest BCUT2D eigenvalue weighted by Crippen LogP contribution is 2.29. The number of pyridine rings is 1. The van der Waals surface area contributed by atoms with E-state index in [9.17, 15) is 4.79 Å². The molecule has 4 heterocycles. The zero-order valence-electron chi connectivity index (χ0n) is 19.5. The molecule has 2 saturated heterocycles. The van der Waals surface area contributed by atoms with Gasteiger partial charge in [-0.25, -0.2) is 9.48 Å². The van der Waals surface area contributed by atoms with Gasteiger partial charge in [0.2, 0.25) is 0 Å². The summed E-state index contributed by atoms with van der Waals surface area (Å²) >= 11 is 3.61. The third-order valence-corrected chi connectivity index (χ3v) is 6.51. The molecule has 178 valence electrons. The molecule has 0 N–H and O–H groups in total. The number of amides is 1. The van der Waals surface area contributed by atoms with Gasteiger partial charge in [-0.05, 0) is 73.1 Å². The number of hydrogen-bond donors (Lipinski definition) is 0. The molecular formula is C25H28BrN5O3. The largest absolute Gasteiger partial charge is 0.488 e. The maximum Gasteiger partial charge on any atom is 0.410 e. The van der Waals surface area contributed by atoms with Crippen molar-refractivity contribution in [2.24, 2.45) is 0 Å². The van der Waals surface area contributed by atoms with Gasteiger partial charge in [-0.2, -0.15) is 5.10 Å². The summed E-state index contributed by atoms with van der Waals surface area (Å²) in [7, 11) is 0. The predicted molar refractivity (Wildman–Crippen MR) is 132 cm³/mol. The first-order chi connectivity index (χ1) is 16.2. The fourth-order valence-corrected chi connectivity index (χ4v) is 4.57. The van der Waals surface area contributed by atoms with Crippen molar-refractivity contribution in [2.75, 3.05) is 26.2 Å². The van der Waals surface area contributed by atoms with Crippen molar-refractivity contribution < 1.29 is 14.3 Å². The Morgan fingerprint density at radius 2 is 1.71 bits per heavy atom. The third kappa shape index (κ3) is 4.95. The molecule has 9 heteroatoms. The quantitative estimate of drug-likeness (QED) is 0.492. The second-order valence-corrected chi connectivity index (χ2v) is 10.6. The maximum absolute atomic E-state index is 12.1. The van der Waals surface area contributed by atoms with Crippen LogP contribution in [0.3, 0.4) is 0 Å². The summed E-state index contributed by atoms with van der Waals surface area (Å²) in [6.07, 6.45) is 5.41. The molecule has 2 aliphatic heterocycles. The van der Waals surface area contributed by atoms with Gasteiger partial charge < -0.3 is 14.4 Å². The van der Waals surface area contributed by atoms with Crippen molar-refractivity contribution in [1.82, 2.24) is 24.6 Å². The van der Waals surface area contributed by atoms with Gasteiger partial charge in [-0.3, -0.25) is 9.88 Å². The van der Waals surface area contributed by atoms with Crippen LogP contribution in [-0.2, 0) is 4.74 Å². The maximum atomic E-state index is 12.1. The van der Waals surface area contributed by atoms with Crippen LogP contribution >= 0.6 is 15.9 Å². The number of aromatic nitrogens is 3. The molecule has 0 aliphatic carbocycles. The van der Waals surface area contributed by atoms with Crippen LogP contribution in [0.5, 0.6) is 5.75 Å². The highest BCUT2D eigenvalue weighted by molar-refractivity contribution is 9.10. The lowest BCUT2D eigenvalue weighted by molar-refractivity contribution is -0.0651. The lowest BCUT2D eigenvalue weighted by Crippen LogP contribution is -2.68. The molecule has 0 atom stereocenters. The first-order valence-electron chi connectivity index (χ1n) is 11.4. The van der Waals surface area contributed by atoms with Gasteiger partial charge in [-0.15, -0.1) is 0 Å². The summed E-state index contributed by atoms with van der Waals surface area (Å²) in [5.74, 6) is 0.845. The third-order valence-electron chi connectivity index (χ3n) is 5.93. The number of carbonyl (C=O) groups excluding carboxylic acids is 1. The van der Waals surface area contributed by atoms with E-state index in [4.69, 9.17) is 14.6 Å². The van der Waals surface area contributed by atoms with Gasteiger partial charge in [-0.1, -0.05) is 0 Å². The fourth-order valence-electron chi connectivity index (χ4n) is 4.06. The predicted octanol–water partition coefficient (Wildman–Crippen LogP) is 4.38. The molecule has 0 bridgehead atoms. The molecule has 8 nitrogen and oxygen atoms in total. The number of likely N-dealkylation sites (tertiary alicyclic amines) is 2. The Hall–Kier alpha value is -2.91. The number of hydrogen-bond acceptors (Lipinski definition) is 6. The SMILES string of the molecule is CC(C)(C)OC(=O)N1CC(N2CC(Oc3ccc(-n4cc(Br)c(-c5ccncc5)n4)cc3)C2)C1. The van der Waals surface area contributed by atoms with Crippen molar-refractivity contribution >= 4 is 22.0 Å². The number of benzene rings is 1. The number of rotatable bonds is 5. The monoisotopic (exact) mass is 525 g/mol. The van der Waals surface area contributed by atoms with Crippen molar-refractivity contribution in [3.05, 3.63) is 59.5 Å². The Kier molecular flexibility index (Phi) is 6.07. The first-order valence-corrected chi connectivity index (χ1v) is 12.2. The molecule has 5 rings (SSSR count). The molecule has 3 aromatic rings. The van der Waals surface area contributed by atoms with Gasteiger partial charge in [0, 0.05) is 56.4 Å². The van der Waals surface area contributed by atoms with Crippen LogP contribution in [0.25, 0.3) is 16.9 Å². The molecule has 1 aromatic carbocycles. The minimum Gasteiger partial charge on any atom is -0.488 e. The number of nitrogens with zero attached hydrogens (tertiary/aromatic N) is 5. The smallest absolute Gasteiger partial charge is 0.410 e. The minimum absolute atomic E-state index is 0.165. The average molecular weight is 526 g/mol. The summed E-state index contributed by atoms with van der Waals surface area (Å²) in [6, 6.07) is 12.2. The Balaban J connectivity index is 1.11. The number of carbonyl (C=O) groups is 1. The minimum atomic E-state index is -0.455. The first kappa shape index (κ1) is 22.9. The van der Waals surface area contributed by atoms with E-state index < -0.39 is 5.60 Å². The topological polar surface area (TPSA) is 72.7 Å². The lowest BCUT2D eigenvalue weighted by Gasteiger charge is -2.51. The lowest BCUT2D eigenvalue weighted by atomic mass is 10.0. The van der Waals surface area contributed by atoms with E-state index in [0.717, 1.165) is 53.3 Å². The van der Waals surface area contributed by atoms with E-state index >= 15 is 0 Å². The molecule has 0 radical (unpaired) electrons. The van der Waals surface area contributed by atoms with E-state index in [2.05, 4.69) is 25.8 Å².